The van der Waals surface area contributed by atoms with E-state index in [0.29, 0.717) is 12.1 Å². The summed E-state index contributed by atoms with van der Waals surface area (Å²) in [4.78, 5) is 7.09. The quantitative estimate of drug-likeness (QED) is 0.309. The van der Waals surface area contributed by atoms with E-state index in [0.717, 1.165) is 45.4 Å². The fourth-order valence-corrected chi connectivity index (χ4v) is 2.23. The van der Waals surface area contributed by atoms with Crippen LogP contribution in [0.4, 0.5) is 0 Å². The van der Waals surface area contributed by atoms with Crippen molar-refractivity contribution in [3.63, 3.8) is 0 Å². The molecule has 0 aliphatic carbocycles. The van der Waals surface area contributed by atoms with E-state index in [1.165, 1.54) is 0 Å². The van der Waals surface area contributed by atoms with Crippen molar-refractivity contribution in [2.24, 2.45) is 4.99 Å². The second-order valence-corrected chi connectivity index (χ2v) is 4.90. The Hall–Kier alpha value is -0.340. The average molecular weight is 396 g/mol. The van der Waals surface area contributed by atoms with Crippen molar-refractivity contribution in [3.8, 4) is 0 Å². The first-order valence-corrected chi connectivity index (χ1v) is 7.15. The highest BCUT2D eigenvalue weighted by atomic mass is 127. The van der Waals surface area contributed by atoms with Gasteiger partial charge in [0.1, 0.15) is 0 Å². The topological polar surface area (TPSA) is 48.9 Å². The maximum absolute atomic E-state index is 5.47. The molecule has 0 aromatic rings. The van der Waals surface area contributed by atoms with E-state index in [1.54, 1.807) is 0 Å². The zero-order valence-corrected chi connectivity index (χ0v) is 15.2. The summed E-state index contributed by atoms with van der Waals surface area (Å²) in [6, 6.07) is 0.903. The Balaban J connectivity index is 0.00000361. The summed E-state index contributed by atoms with van der Waals surface area (Å²) in [5.41, 5.74) is 0. The Kier molecular flexibility index (Phi) is 11.1. The summed E-state index contributed by atoms with van der Waals surface area (Å²) in [6.07, 6.45) is 1.83. The third-order valence-electron chi connectivity index (χ3n) is 3.26. The first-order chi connectivity index (χ1) is 9.19. The summed E-state index contributed by atoms with van der Waals surface area (Å²) < 4.78 is 5.47. The maximum atomic E-state index is 5.47. The summed E-state index contributed by atoms with van der Waals surface area (Å²) in [5.74, 6) is 0.857. The molecule has 1 fully saturated rings. The van der Waals surface area contributed by atoms with Crippen LogP contribution in [0.2, 0.25) is 0 Å². The molecule has 1 aliphatic rings. The van der Waals surface area contributed by atoms with Crippen LogP contribution in [0.25, 0.3) is 0 Å². The molecule has 0 aromatic carbocycles. The van der Waals surface area contributed by atoms with Crippen molar-refractivity contribution in [1.82, 2.24) is 15.5 Å². The van der Waals surface area contributed by atoms with Crippen molar-refractivity contribution >= 4 is 29.9 Å². The van der Waals surface area contributed by atoms with Crippen molar-refractivity contribution in [2.75, 3.05) is 39.4 Å². The van der Waals surface area contributed by atoms with Crippen LogP contribution >= 0.6 is 24.0 Å². The molecule has 2 atom stereocenters. The second-order valence-electron chi connectivity index (χ2n) is 4.90. The summed E-state index contributed by atoms with van der Waals surface area (Å²) in [6.45, 7) is 15.2. The molecule has 20 heavy (non-hydrogen) atoms. The van der Waals surface area contributed by atoms with Gasteiger partial charge in [0.15, 0.2) is 5.96 Å². The van der Waals surface area contributed by atoms with Crippen LogP contribution in [0.5, 0.6) is 0 Å². The van der Waals surface area contributed by atoms with Crippen LogP contribution < -0.4 is 10.6 Å². The van der Waals surface area contributed by atoms with Gasteiger partial charge in [-0.2, -0.15) is 0 Å². The van der Waals surface area contributed by atoms with E-state index >= 15 is 0 Å². The predicted molar refractivity (Wildman–Crippen MR) is 96.0 cm³/mol. The molecule has 1 aliphatic heterocycles. The van der Waals surface area contributed by atoms with Crippen LogP contribution in [-0.4, -0.2) is 62.3 Å². The molecule has 1 saturated heterocycles. The Labute approximate surface area is 140 Å². The number of hydrogen-bond acceptors (Lipinski definition) is 3. The lowest BCUT2D eigenvalue weighted by molar-refractivity contribution is -0.0165. The van der Waals surface area contributed by atoms with E-state index in [2.05, 4.69) is 47.9 Å². The molecule has 1 rings (SSSR count). The molecule has 0 saturated carbocycles. The number of aliphatic imine (C=N–C) groups is 1. The van der Waals surface area contributed by atoms with Crippen LogP contribution in [0.15, 0.2) is 17.6 Å². The summed E-state index contributed by atoms with van der Waals surface area (Å²) in [7, 11) is 0. The molecule has 2 N–H and O–H groups in total. The lowest BCUT2D eigenvalue weighted by Crippen LogP contribution is -2.49. The molecule has 6 heteroatoms. The maximum Gasteiger partial charge on any atom is 0.191 e. The third-order valence-corrected chi connectivity index (χ3v) is 3.26. The molecule has 0 bridgehead atoms. The molecule has 0 amide bonds. The van der Waals surface area contributed by atoms with Gasteiger partial charge in [-0.3, -0.25) is 9.89 Å². The van der Waals surface area contributed by atoms with Gasteiger partial charge >= 0.3 is 0 Å². The van der Waals surface area contributed by atoms with Gasteiger partial charge in [0.05, 0.1) is 19.8 Å². The molecule has 0 radical (unpaired) electrons. The number of morpholine rings is 1. The molecule has 0 spiro atoms. The smallest absolute Gasteiger partial charge is 0.191 e. The second kappa shape index (κ2) is 11.3. The number of guanidine groups is 1. The summed E-state index contributed by atoms with van der Waals surface area (Å²) in [5, 5.41) is 6.45. The van der Waals surface area contributed by atoms with Gasteiger partial charge < -0.3 is 15.4 Å². The van der Waals surface area contributed by atoms with Crippen LogP contribution in [0.3, 0.4) is 0 Å². The van der Waals surface area contributed by atoms with E-state index in [-0.39, 0.29) is 24.0 Å². The van der Waals surface area contributed by atoms with Gasteiger partial charge in [-0.1, -0.05) is 6.08 Å². The van der Waals surface area contributed by atoms with Gasteiger partial charge in [-0.05, 0) is 20.8 Å². The lowest BCUT2D eigenvalue weighted by atomic mass is 10.2. The molecule has 118 valence electrons. The molecule has 5 nitrogen and oxygen atoms in total. The number of hydrogen-bond donors (Lipinski definition) is 2. The number of nitrogens with one attached hydrogen (secondary N) is 2. The SMILES string of the molecule is C=CCNC(=NCC(C)N1CCOCC1C)NCC.I. The van der Waals surface area contributed by atoms with Gasteiger partial charge in [0.2, 0.25) is 0 Å². The van der Waals surface area contributed by atoms with E-state index in [4.69, 9.17) is 4.74 Å². The number of rotatable bonds is 6. The fourth-order valence-electron chi connectivity index (χ4n) is 2.23. The normalized spacial score (nSPS) is 21.8. The highest BCUT2D eigenvalue weighted by molar-refractivity contribution is 14.0. The van der Waals surface area contributed by atoms with Gasteiger partial charge in [-0.15, -0.1) is 30.6 Å². The zero-order valence-electron chi connectivity index (χ0n) is 12.9. The molecule has 2 unspecified atom stereocenters. The Morgan fingerprint density at radius 1 is 1.55 bits per heavy atom. The molecule has 1 heterocycles. The Bertz CT molecular complexity index is 299. The van der Waals surface area contributed by atoms with Crippen molar-refractivity contribution < 1.29 is 4.74 Å². The number of ether oxygens (including phenoxy) is 1. The average Bonchev–Trinajstić information content (AvgIpc) is 2.42. The first kappa shape index (κ1) is 19.7. The fraction of sp³-hybridized carbons (Fsp3) is 0.786. The van der Waals surface area contributed by atoms with Crippen molar-refractivity contribution in [3.05, 3.63) is 12.7 Å². The minimum absolute atomic E-state index is 0. The minimum atomic E-state index is 0. The van der Waals surface area contributed by atoms with Crippen LogP contribution in [0.1, 0.15) is 20.8 Å². The van der Waals surface area contributed by atoms with Crippen LogP contribution in [-0.2, 0) is 4.74 Å². The Morgan fingerprint density at radius 3 is 2.90 bits per heavy atom. The Morgan fingerprint density at radius 2 is 2.30 bits per heavy atom. The van der Waals surface area contributed by atoms with Crippen LogP contribution in [0, 0.1) is 0 Å². The summed E-state index contributed by atoms with van der Waals surface area (Å²) >= 11 is 0. The molecule has 0 aromatic heterocycles. The van der Waals surface area contributed by atoms with Crippen molar-refractivity contribution in [2.45, 2.75) is 32.9 Å². The minimum Gasteiger partial charge on any atom is -0.379 e. The largest absolute Gasteiger partial charge is 0.379 e. The first-order valence-electron chi connectivity index (χ1n) is 7.15. The highest BCUT2D eigenvalue weighted by Gasteiger charge is 2.23. The number of nitrogens with zero attached hydrogens (tertiary/aromatic N) is 2. The van der Waals surface area contributed by atoms with E-state index in [9.17, 15) is 0 Å². The van der Waals surface area contributed by atoms with Crippen molar-refractivity contribution in [1.29, 1.82) is 0 Å². The third kappa shape index (κ3) is 6.90. The zero-order chi connectivity index (χ0) is 14.1. The lowest BCUT2D eigenvalue weighted by Gasteiger charge is -2.37. The standard InChI is InChI=1S/C14H28N4O.HI/c1-5-7-16-14(15-6-2)17-10-12(3)18-8-9-19-11-13(18)4;/h5,12-13H,1,6-11H2,2-4H3,(H2,15,16,17);1H. The van der Waals surface area contributed by atoms with Gasteiger partial charge in [0.25, 0.3) is 0 Å². The monoisotopic (exact) mass is 396 g/mol. The van der Waals surface area contributed by atoms with Gasteiger partial charge in [-0.25, -0.2) is 0 Å². The molecular formula is C14H29IN4O. The highest BCUT2D eigenvalue weighted by Crippen LogP contribution is 2.10. The van der Waals surface area contributed by atoms with E-state index < -0.39 is 0 Å². The van der Waals surface area contributed by atoms with E-state index in [1.807, 2.05) is 6.08 Å². The van der Waals surface area contributed by atoms with Gasteiger partial charge in [0, 0.05) is 31.7 Å². The predicted octanol–water partition coefficient (Wildman–Crippen LogP) is 1.45. The number of halogens is 1. The molecular weight excluding hydrogens is 367 g/mol.